The van der Waals surface area contributed by atoms with Gasteiger partial charge in [-0.05, 0) is 37.5 Å². The van der Waals surface area contributed by atoms with Crippen molar-refractivity contribution in [3.8, 4) is 0 Å². The van der Waals surface area contributed by atoms with Gasteiger partial charge >= 0.3 is 0 Å². The molecule has 4 nitrogen and oxygen atoms in total. The molecule has 20 heavy (non-hydrogen) atoms. The zero-order valence-electron chi connectivity index (χ0n) is 14.1. The summed E-state index contributed by atoms with van der Waals surface area (Å²) >= 11 is 0. The predicted octanol–water partition coefficient (Wildman–Crippen LogP) is 2.48. The normalized spacial score (nSPS) is 23.9. The van der Waals surface area contributed by atoms with E-state index in [-0.39, 0.29) is 5.04 Å². The molecule has 1 aliphatic heterocycles. The van der Waals surface area contributed by atoms with E-state index in [2.05, 4.69) is 38.8 Å². The van der Waals surface area contributed by atoms with Crippen molar-refractivity contribution in [1.29, 1.82) is 0 Å². The van der Waals surface area contributed by atoms with E-state index in [0.717, 1.165) is 25.9 Å². The molecule has 1 N–H and O–H groups in total. The van der Waals surface area contributed by atoms with Crippen molar-refractivity contribution in [1.82, 2.24) is 4.90 Å². The van der Waals surface area contributed by atoms with Gasteiger partial charge in [0.2, 0.25) is 0 Å². The lowest BCUT2D eigenvalue weighted by Crippen LogP contribution is -2.50. The molecule has 0 aliphatic carbocycles. The van der Waals surface area contributed by atoms with Crippen LogP contribution in [-0.2, 0) is 9.16 Å². The Balaban J connectivity index is 2.49. The van der Waals surface area contributed by atoms with Crippen LogP contribution in [-0.4, -0.2) is 63.9 Å². The summed E-state index contributed by atoms with van der Waals surface area (Å²) in [7, 11) is -0.0631. The minimum absolute atomic E-state index is 0.255. The van der Waals surface area contributed by atoms with Gasteiger partial charge in [-0.1, -0.05) is 20.8 Å². The van der Waals surface area contributed by atoms with Crippen molar-refractivity contribution in [3.05, 3.63) is 0 Å². The summed E-state index contributed by atoms with van der Waals surface area (Å²) in [6.45, 7) is 14.5. The number of aliphatic hydroxyl groups is 1. The fourth-order valence-electron chi connectivity index (χ4n) is 2.41. The van der Waals surface area contributed by atoms with Crippen LogP contribution in [0.15, 0.2) is 0 Å². The second-order valence-corrected chi connectivity index (χ2v) is 12.3. The van der Waals surface area contributed by atoms with E-state index in [9.17, 15) is 5.11 Å². The molecule has 2 atom stereocenters. The topological polar surface area (TPSA) is 41.9 Å². The maximum atomic E-state index is 9.85. The molecular weight excluding hydrogens is 270 g/mol. The number of hydrogen-bond donors (Lipinski definition) is 1. The summed E-state index contributed by atoms with van der Waals surface area (Å²) < 4.78 is 11.5. The van der Waals surface area contributed by atoms with Gasteiger partial charge in [-0.15, -0.1) is 0 Å². The monoisotopic (exact) mass is 303 g/mol. The molecule has 1 aliphatic rings. The first-order valence-corrected chi connectivity index (χ1v) is 10.6. The molecular formula is C15H33NO3Si. The molecule has 1 rings (SSSR count). The lowest BCUT2D eigenvalue weighted by atomic mass is 10.1. The number of β-amino-alcohol motifs (C(OH)–C–C–N with tert-alkyl or cyclic N) is 1. The Hall–Kier alpha value is 0.0569. The Morgan fingerprint density at radius 2 is 2.00 bits per heavy atom. The van der Waals surface area contributed by atoms with E-state index in [1.807, 2.05) is 0 Å². The first-order chi connectivity index (χ1) is 9.15. The smallest absolute Gasteiger partial charge is 0.192 e. The largest absolute Gasteiger partial charge is 0.413 e. The van der Waals surface area contributed by atoms with Crippen molar-refractivity contribution in [2.45, 2.75) is 64.0 Å². The molecule has 0 aromatic rings. The number of ether oxygens (including phenoxy) is 1. The third-order valence-corrected chi connectivity index (χ3v) is 9.09. The van der Waals surface area contributed by atoms with Gasteiger partial charge in [-0.3, -0.25) is 4.90 Å². The number of likely N-dealkylation sites (tertiary alicyclic amines) is 1. The van der Waals surface area contributed by atoms with Crippen molar-refractivity contribution >= 4 is 8.32 Å². The number of rotatable bonds is 6. The Kier molecular flexibility index (Phi) is 6.66. The highest BCUT2D eigenvalue weighted by Crippen LogP contribution is 2.38. The number of piperidine rings is 1. The quantitative estimate of drug-likeness (QED) is 0.766. The van der Waals surface area contributed by atoms with Crippen LogP contribution in [0.2, 0.25) is 18.1 Å². The molecule has 120 valence electrons. The average molecular weight is 304 g/mol. The first-order valence-electron chi connectivity index (χ1n) is 7.73. The maximum absolute atomic E-state index is 9.85. The van der Waals surface area contributed by atoms with Crippen molar-refractivity contribution < 1.29 is 14.3 Å². The van der Waals surface area contributed by atoms with Crippen LogP contribution in [0.25, 0.3) is 0 Å². The second-order valence-electron chi connectivity index (χ2n) is 7.51. The van der Waals surface area contributed by atoms with Gasteiger partial charge in [0.1, 0.15) is 0 Å². The number of nitrogens with zero attached hydrogens (tertiary/aromatic N) is 1. The molecule has 1 fully saturated rings. The molecule has 0 unspecified atom stereocenters. The standard InChI is InChI=1S/C15H33NO3Si/c1-15(2,3)20(5,6)19-14-8-7-9-16(11-14)10-13(17)12-18-4/h13-14,17H,7-12H2,1-6H3/t13-,14+/m1/s1. The summed E-state index contributed by atoms with van der Waals surface area (Å²) in [5.74, 6) is 0. The average Bonchev–Trinajstić information content (AvgIpc) is 2.27. The third kappa shape index (κ3) is 5.45. The Morgan fingerprint density at radius 3 is 2.55 bits per heavy atom. The fraction of sp³-hybridized carbons (Fsp3) is 1.00. The van der Waals surface area contributed by atoms with Crippen LogP contribution in [0, 0.1) is 0 Å². The molecule has 0 aromatic heterocycles. The van der Waals surface area contributed by atoms with Gasteiger partial charge in [0.15, 0.2) is 8.32 Å². The number of methoxy groups -OCH3 is 1. The number of aliphatic hydroxyl groups excluding tert-OH is 1. The fourth-order valence-corrected chi connectivity index (χ4v) is 3.79. The molecule has 0 bridgehead atoms. The number of hydrogen-bond acceptors (Lipinski definition) is 4. The molecule has 0 spiro atoms. The molecule has 5 heteroatoms. The van der Waals surface area contributed by atoms with Gasteiger partial charge in [-0.25, -0.2) is 0 Å². The second kappa shape index (κ2) is 7.36. The van der Waals surface area contributed by atoms with Crippen LogP contribution in [0.5, 0.6) is 0 Å². The highest BCUT2D eigenvalue weighted by molar-refractivity contribution is 6.74. The highest BCUT2D eigenvalue weighted by atomic mass is 28.4. The van der Waals surface area contributed by atoms with E-state index >= 15 is 0 Å². The van der Waals surface area contributed by atoms with Crippen molar-refractivity contribution in [2.75, 3.05) is 33.4 Å². The van der Waals surface area contributed by atoms with E-state index in [0.29, 0.717) is 19.3 Å². The Bertz CT molecular complexity index is 291. The van der Waals surface area contributed by atoms with Gasteiger partial charge in [0.25, 0.3) is 0 Å². The minimum Gasteiger partial charge on any atom is -0.413 e. The van der Waals surface area contributed by atoms with Gasteiger partial charge in [0.05, 0.1) is 18.8 Å². The molecule has 0 aromatic carbocycles. The summed E-state index contributed by atoms with van der Waals surface area (Å²) in [5.41, 5.74) is 0. The first kappa shape index (κ1) is 18.1. The summed E-state index contributed by atoms with van der Waals surface area (Å²) in [5, 5.41) is 10.1. The molecule has 0 amide bonds. The minimum atomic E-state index is -1.69. The van der Waals surface area contributed by atoms with Gasteiger partial charge in [-0.2, -0.15) is 0 Å². The zero-order valence-corrected chi connectivity index (χ0v) is 15.1. The SMILES string of the molecule is COC[C@H](O)CN1CCC[C@H](O[Si](C)(C)C(C)(C)C)C1. The van der Waals surface area contributed by atoms with Crippen LogP contribution in [0.4, 0.5) is 0 Å². The van der Waals surface area contributed by atoms with E-state index in [1.54, 1.807) is 7.11 Å². The summed E-state index contributed by atoms with van der Waals surface area (Å²) in [4.78, 5) is 2.31. The van der Waals surface area contributed by atoms with E-state index < -0.39 is 14.4 Å². The Morgan fingerprint density at radius 1 is 1.35 bits per heavy atom. The van der Waals surface area contributed by atoms with E-state index in [4.69, 9.17) is 9.16 Å². The Labute approximate surface area is 125 Å². The third-order valence-electron chi connectivity index (χ3n) is 4.56. The van der Waals surface area contributed by atoms with E-state index in [1.165, 1.54) is 0 Å². The molecule has 0 radical (unpaired) electrons. The lowest BCUT2D eigenvalue weighted by molar-refractivity contribution is 0.0123. The summed E-state index contributed by atoms with van der Waals surface area (Å²) in [6, 6.07) is 0. The highest BCUT2D eigenvalue weighted by Gasteiger charge is 2.39. The van der Waals surface area contributed by atoms with Crippen LogP contribution >= 0.6 is 0 Å². The van der Waals surface area contributed by atoms with Crippen LogP contribution in [0.1, 0.15) is 33.6 Å². The lowest BCUT2D eigenvalue weighted by Gasteiger charge is -2.42. The van der Waals surface area contributed by atoms with Crippen molar-refractivity contribution in [2.24, 2.45) is 0 Å². The van der Waals surface area contributed by atoms with Gasteiger partial charge < -0.3 is 14.3 Å². The van der Waals surface area contributed by atoms with Crippen LogP contribution < -0.4 is 0 Å². The molecule has 0 saturated carbocycles. The van der Waals surface area contributed by atoms with Gasteiger partial charge in [0, 0.05) is 20.2 Å². The summed E-state index contributed by atoms with van der Waals surface area (Å²) in [6.07, 6.45) is 2.22. The maximum Gasteiger partial charge on any atom is 0.192 e. The van der Waals surface area contributed by atoms with Crippen molar-refractivity contribution in [3.63, 3.8) is 0 Å². The molecule has 1 heterocycles. The van der Waals surface area contributed by atoms with Crippen LogP contribution in [0.3, 0.4) is 0 Å². The predicted molar refractivity (Wildman–Crippen MR) is 85.6 cm³/mol. The zero-order chi connectivity index (χ0) is 15.4. The molecule has 1 saturated heterocycles.